The van der Waals surface area contributed by atoms with Gasteiger partial charge in [0, 0.05) is 6.07 Å². The zero-order valence-electron chi connectivity index (χ0n) is 9.15. The first-order chi connectivity index (χ1) is 7.49. The van der Waals surface area contributed by atoms with E-state index in [2.05, 4.69) is 0 Å². The molecule has 2 N–H and O–H groups in total. The summed E-state index contributed by atoms with van der Waals surface area (Å²) in [6, 6.07) is 5.36. The number of rotatable bonds is 3. The zero-order valence-corrected chi connectivity index (χ0v) is 9.97. The first-order valence-electron chi connectivity index (χ1n) is 4.87. The van der Waals surface area contributed by atoms with E-state index in [1.807, 2.05) is 13.8 Å². The summed E-state index contributed by atoms with van der Waals surface area (Å²) in [5.41, 5.74) is 4.90. The van der Waals surface area contributed by atoms with E-state index in [1.54, 1.807) is 18.2 Å². The summed E-state index contributed by atoms with van der Waals surface area (Å²) in [5, 5.41) is 0. The molecule has 86 valence electrons. The largest absolute Gasteiger partial charge is 0.481 e. The van der Waals surface area contributed by atoms with Gasteiger partial charge in [-0.3, -0.25) is 0 Å². The second kappa shape index (κ2) is 3.83. The zero-order chi connectivity index (χ0) is 11.8. The van der Waals surface area contributed by atoms with E-state index in [4.69, 9.17) is 32.2 Å². The Morgan fingerprint density at radius 1 is 1.38 bits per heavy atom. The van der Waals surface area contributed by atoms with Crippen LogP contribution in [0, 0.1) is 0 Å². The van der Waals surface area contributed by atoms with E-state index in [-0.39, 0.29) is 6.79 Å². The Bertz CT molecular complexity index is 431. The van der Waals surface area contributed by atoms with Crippen LogP contribution in [0.25, 0.3) is 0 Å². The van der Waals surface area contributed by atoms with Gasteiger partial charge in [0.2, 0.25) is 6.79 Å². The highest BCUT2D eigenvalue weighted by molar-refractivity contribution is 7.80. The topological polar surface area (TPSA) is 53.7 Å². The van der Waals surface area contributed by atoms with Crippen molar-refractivity contribution in [2.24, 2.45) is 5.73 Å². The number of fused-ring (bicyclic) bond motifs is 1. The highest BCUT2D eigenvalue weighted by Crippen LogP contribution is 2.36. The van der Waals surface area contributed by atoms with Crippen LogP contribution in [0.15, 0.2) is 18.2 Å². The molecule has 2 rings (SSSR count). The lowest BCUT2D eigenvalue weighted by molar-refractivity contribution is 0.172. The molecule has 1 aromatic rings. The number of nitrogens with two attached hydrogens (primary N) is 1. The number of ether oxygens (including phenoxy) is 3. The quantitative estimate of drug-likeness (QED) is 0.816. The Morgan fingerprint density at radius 2 is 2.06 bits per heavy atom. The second-order valence-electron chi connectivity index (χ2n) is 3.99. The van der Waals surface area contributed by atoms with E-state index < -0.39 is 5.60 Å². The maximum atomic E-state index is 5.69. The van der Waals surface area contributed by atoms with Crippen LogP contribution in [0.3, 0.4) is 0 Å². The Hall–Kier alpha value is -1.49. The number of hydrogen-bond donors (Lipinski definition) is 1. The summed E-state index contributed by atoms with van der Waals surface area (Å²) < 4.78 is 16.1. The van der Waals surface area contributed by atoms with Crippen molar-refractivity contribution in [3.05, 3.63) is 18.2 Å². The molecule has 1 aromatic carbocycles. The summed E-state index contributed by atoms with van der Waals surface area (Å²) in [6.45, 7) is 3.89. The van der Waals surface area contributed by atoms with Crippen LogP contribution in [0.1, 0.15) is 13.8 Å². The molecule has 0 aliphatic carbocycles. The van der Waals surface area contributed by atoms with Crippen LogP contribution in [0.2, 0.25) is 0 Å². The van der Waals surface area contributed by atoms with Crippen LogP contribution in [-0.2, 0) is 0 Å². The third-order valence-corrected chi connectivity index (χ3v) is 2.80. The smallest absolute Gasteiger partial charge is 0.231 e. The van der Waals surface area contributed by atoms with Gasteiger partial charge >= 0.3 is 0 Å². The molecular weight excluding hydrogens is 226 g/mol. The van der Waals surface area contributed by atoms with Crippen LogP contribution >= 0.6 is 12.2 Å². The van der Waals surface area contributed by atoms with Gasteiger partial charge in [-0.25, -0.2) is 0 Å². The van der Waals surface area contributed by atoms with Gasteiger partial charge in [0.15, 0.2) is 17.1 Å². The Labute approximate surface area is 99.3 Å². The molecule has 0 saturated heterocycles. The molecule has 0 atom stereocenters. The standard InChI is InChI=1S/C11H13NO3S/c1-11(2,10(12)16)15-7-3-4-8-9(5-7)14-6-13-8/h3-5H,6H2,1-2H3,(H2,12,16). The van der Waals surface area contributed by atoms with Crippen molar-refractivity contribution >= 4 is 17.2 Å². The van der Waals surface area contributed by atoms with Crippen molar-refractivity contribution in [2.45, 2.75) is 19.4 Å². The van der Waals surface area contributed by atoms with Gasteiger partial charge in [0.05, 0.1) is 0 Å². The predicted octanol–water partition coefficient (Wildman–Crippen LogP) is 1.86. The lowest BCUT2D eigenvalue weighted by Crippen LogP contribution is -2.41. The van der Waals surface area contributed by atoms with Crippen LogP contribution in [-0.4, -0.2) is 17.4 Å². The minimum absolute atomic E-state index is 0.248. The summed E-state index contributed by atoms with van der Waals surface area (Å²) in [7, 11) is 0. The fourth-order valence-electron chi connectivity index (χ4n) is 1.29. The van der Waals surface area contributed by atoms with Crippen molar-refractivity contribution in [1.82, 2.24) is 0 Å². The third kappa shape index (κ3) is 2.04. The van der Waals surface area contributed by atoms with Crippen molar-refractivity contribution in [3.63, 3.8) is 0 Å². The average Bonchev–Trinajstić information content (AvgIpc) is 2.63. The van der Waals surface area contributed by atoms with Gasteiger partial charge in [-0.05, 0) is 26.0 Å². The normalized spacial score (nSPS) is 13.6. The molecule has 1 aliphatic rings. The lowest BCUT2D eigenvalue weighted by Gasteiger charge is -2.25. The predicted molar refractivity (Wildman–Crippen MR) is 64.1 cm³/mol. The van der Waals surface area contributed by atoms with E-state index >= 15 is 0 Å². The molecule has 0 aromatic heterocycles. The molecule has 5 heteroatoms. The van der Waals surface area contributed by atoms with E-state index in [1.165, 1.54) is 0 Å². The van der Waals surface area contributed by atoms with E-state index in [0.29, 0.717) is 16.5 Å². The second-order valence-corrected chi connectivity index (χ2v) is 4.43. The van der Waals surface area contributed by atoms with Crippen LogP contribution < -0.4 is 19.9 Å². The number of hydrogen-bond acceptors (Lipinski definition) is 4. The molecule has 0 bridgehead atoms. The third-order valence-electron chi connectivity index (χ3n) is 2.31. The molecule has 0 amide bonds. The van der Waals surface area contributed by atoms with E-state index in [9.17, 15) is 0 Å². The van der Waals surface area contributed by atoms with Gasteiger partial charge in [-0.15, -0.1) is 0 Å². The van der Waals surface area contributed by atoms with Crippen molar-refractivity contribution < 1.29 is 14.2 Å². The molecule has 4 nitrogen and oxygen atoms in total. The lowest BCUT2D eigenvalue weighted by atomic mass is 10.1. The Balaban J connectivity index is 2.20. The van der Waals surface area contributed by atoms with Gasteiger partial charge in [-0.1, -0.05) is 12.2 Å². The molecule has 1 heterocycles. The number of benzene rings is 1. The monoisotopic (exact) mass is 239 g/mol. The highest BCUT2D eigenvalue weighted by Gasteiger charge is 2.24. The molecule has 0 fully saturated rings. The molecule has 0 spiro atoms. The molecule has 0 unspecified atom stereocenters. The van der Waals surface area contributed by atoms with Gasteiger partial charge in [0.25, 0.3) is 0 Å². The van der Waals surface area contributed by atoms with Gasteiger partial charge in [-0.2, -0.15) is 0 Å². The SMILES string of the molecule is CC(C)(Oc1ccc2c(c1)OCO2)C(N)=S. The first kappa shape index (κ1) is 11.0. The summed E-state index contributed by atoms with van der Waals surface area (Å²) in [4.78, 5) is 0.310. The van der Waals surface area contributed by atoms with Crippen molar-refractivity contribution in [1.29, 1.82) is 0 Å². The molecule has 0 saturated carbocycles. The molecule has 1 aliphatic heterocycles. The summed E-state index contributed by atoms with van der Waals surface area (Å²) in [5.74, 6) is 2.05. The van der Waals surface area contributed by atoms with Gasteiger partial charge in [0.1, 0.15) is 10.7 Å². The van der Waals surface area contributed by atoms with Gasteiger partial charge < -0.3 is 19.9 Å². The summed E-state index contributed by atoms with van der Waals surface area (Å²) >= 11 is 4.93. The number of thiocarbonyl (C=S) groups is 1. The minimum Gasteiger partial charge on any atom is -0.481 e. The van der Waals surface area contributed by atoms with Crippen LogP contribution in [0.5, 0.6) is 17.2 Å². The highest BCUT2D eigenvalue weighted by atomic mass is 32.1. The Kier molecular flexibility index (Phi) is 2.63. The maximum Gasteiger partial charge on any atom is 0.231 e. The average molecular weight is 239 g/mol. The van der Waals surface area contributed by atoms with Crippen LogP contribution in [0.4, 0.5) is 0 Å². The first-order valence-corrected chi connectivity index (χ1v) is 5.28. The Morgan fingerprint density at radius 3 is 2.75 bits per heavy atom. The minimum atomic E-state index is -0.678. The maximum absolute atomic E-state index is 5.69. The molecular formula is C11H13NO3S. The fourth-order valence-corrected chi connectivity index (χ4v) is 1.33. The van der Waals surface area contributed by atoms with E-state index in [0.717, 1.165) is 5.75 Å². The molecule has 16 heavy (non-hydrogen) atoms. The van der Waals surface area contributed by atoms with Crippen molar-refractivity contribution in [3.8, 4) is 17.2 Å². The molecule has 0 radical (unpaired) electrons. The summed E-state index contributed by atoms with van der Waals surface area (Å²) in [6.07, 6.45) is 0. The van der Waals surface area contributed by atoms with Crippen molar-refractivity contribution in [2.75, 3.05) is 6.79 Å². The fraction of sp³-hybridized carbons (Fsp3) is 0.364.